The lowest BCUT2D eigenvalue weighted by molar-refractivity contribution is -0.137. The second-order valence-corrected chi connectivity index (χ2v) is 5.93. The molecule has 1 aromatic rings. The molecule has 0 spiro atoms. The largest absolute Gasteiger partial charge is 0.416 e. The Bertz CT molecular complexity index is 513. The van der Waals surface area contributed by atoms with Crippen LogP contribution in [0.1, 0.15) is 5.56 Å². The first-order chi connectivity index (χ1) is 10.0. The van der Waals surface area contributed by atoms with Gasteiger partial charge >= 0.3 is 6.18 Å². The van der Waals surface area contributed by atoms with Crippen molar-refractivity contribution in [2.24, 2.45) is 0 Å². The van der Waals surface area contributed by atoms with E-state index in [2.05, 4.69) is 16.3 Å². The molecule has 1 fully saturated rings. The zero-order valence-electron chi connectivity index (χ0n) is 11.4. The maximum atomic E-state index is 12.6. The highest BCUT2D eigenvalue weighted by molar-refractivity contribution is 7.99. The van der Waals surface area contributed by atoms with Crippen molar-refractivity contribution in [3.05, 3.63) is 29.8 Å². The number of nitriles is 1. The highest BCUT2D eigenvalue weighted by Crippen LogP contribution is 2.31. The van der Waals surface area contributed by atoms with E-state index in [0.29, 0.717) is 23.7 Å². The van der Waals surface area contributed by atoms with Gasteiger partial charge in [0.15, 0.2) is 0 Å². The lowest BCUT2D eigenvalue weighted by Gasteiger charge is -2.31. The number of piperazine rings is 1. The van der Waals surface area contributed by atoms with Crippen molar-refractivity contribution < 1.29 is 13.2 Å². The minimum absolute atomic E-state index is 0.152. The van der Waals surface area contributed by atoms with Crippen LogP contribution in [0, 0.1) is 11.3 Å². The number of hydrogen-bond acceptors (Lipinski definition) is 4. The fourth-order valence-corrected chi connectivity index (χ4v) is 3.13. The first-order valence-electron chi connectivity index (χ1n) is 6.65. The van der Waals surface area contributed by atoms with Gasteiger partial charge in [0.1, 0.15) is 6.04 Å². The van der Waals surface area contributed by atoms with Gasteiger partial charge in [-0.15, -0.1) is 11.8 Å². The van der Waals surface area contributed by atoms with Crippen molar-refractivity contribution in [1.82, 2.24) is 10.2 Å². The quantitative estimate of drug-likeness (QED) is 0.867. The average molecular weight is 315 g/mol. The monoisotopic (exact) mass is 315 g/mol. The molecule has 7 heteroatoms. The third kappa shape index (κ3) is 4.63. The van der Waals surface area contributed by atoms with Gasteiger partial charge in [0.2, 0.25) is 0 Å². The summed E-state index contributed by atoms with van der Waals surface area (Å²) in [5, 5.41) is 12.2. The van der Waals surface area contributed by atoms with Gasteiger partial charge in [-0.3, -0.25) is 4.90 Å². The molecule has 1 unspecified atom stereocenters. The minimum Gasteiger partial charge on any atom is -0.313 e. The number of halogens is 3. The van der Waals surface area contributed by atoms with Crippen molar-refractivity contribution in [2.45, 2.75) is 17.1 Å². The SMILES string of the molecule is N#CC1CNCCN1CCSc1cccc(C(F)(F)F)c1. The summed E-state index contributed by atoms with van der Waals surface area (Å²) in [4.78, 5) is 2.67. The molecule has 2 rings (SSSR count). The first-order valence-corrected chi connectivity index (χ1v) is 7.64. The Morgan fingerprint density at radius 3 is 2.95 bits per heavy atom. The van der Waals surface area contributed by atoms with Gasteiger partial charge in [-0.2, -0.15) is 18.4 Å². The van der Waals surface area contributed by atoms with E-state index in [1.807, 2.05) is 0 Å². The number of nitrogens with one attached hydrogen (secondary N) is 1. The molecule has 1 aliphatic rings. The molecule has 3 nitrogen and oxygen atoms in total. The summed E-state index contributed by atoms with van der Waals surface area (Å²) in [6.45, 7) is 2.97. The first kappa shape index (κ1) is 16.1. The topological polar surface area (TPSA) is 39.1 Å². The lowest BCUT2D eigenvalue weighted by Crippen LogP contribution is -2.51. The predicted molar refractivity (Wildman–Crippen MR) is 76.0 cm³/mol. The van der Waals surface area contributed by atoms with Crippen molar-refractivity contribution in [3.63, 3.8) is 0 Å². The average Bonchev–Trinajstić information content (AvgIpc) is 2.47. The van der Waals surface area contributed by atoms with E-state index in [0.717, 1.165) is 19.2 Å². The molecule has 0 amide bonds. The van der Waals surface area contributed by atoms with Crippen molar-refractivity contribution in [2.75, 3.05) is 31.9 Å². The Morgan fingerprint density at radius 2 is 2.24 bits per heavy atom. The summed E-state index contributed by atoms with van der Waals surface area (Å²) in [5.41, 5.74) is -0.621. The second-order valence-electron chi connectivity index (χ2n) is 4.76. The molecule has 1 saturated heterocycles. The van der Waals surface area contributed by atoms with Crippen molar-refractivity contribution in [1.29, 1.82) is 5.26 Å². The van der Waals surface area contributed by atoms with E-state index in [1.165, 1.54) is 23.9 Å². The molecule has 1 aromatic carbocycles. The molecule has 0 aromatic heterocycles. The van der Waals surface area contributed by atoms with Crippen LogP contribution in [0.25, 0.3) is 0 Å². The van der Waals surface area contributed by atoms with Crippen LogP contribution in [0.3, 0.4) is 0 Å². The molecule has 0 saturated carbocycles. The zero-order chi connectivity index (χ0) is 15.3. The van der Waals surface area contributed by atoms with E-state index >= 15 is 0 Å². The fraction of sp³-hybridized carbons (Fsp3) is 0.500. The Kier molecular flexibility index (Phi) is 5.51. The van der Waals surface area contributed by atoms with Crippen LogP contribution in [0.4, 0.5) is 13.2 Å². The van der Waals surface area contributed by atoms with Crippen LogP contribution in [0.2, 0.25) is 0 Å². The predicted octanol–water partition coefficient (Wildman–Crippen LogP) is 2.59. The number of rotatable bonds is 4. The van der Waals surface area contributed by atoms with E-state index < -0.39 is 11.7 Å². The van der Waals surface area contributed by atoms with Gasteiger partial charge in [-0.05, 0) is 18.2 Å². The third-order valence-electron chi connectivity index (χ3n) is 3.31. The molecule has 0 aliphatic carbocycles. The molecule has 1 atom stereocenters. The summed E-state index contributed by atoms with van der Waals surface area (Å²) in [6, 6.07) is 7.44. The Balaban J connectivity index is 1.87. The van der Waals surface area contributed by atoms with Crippen LogP contribution >= 0.6 is 11.8 Å². The van der Waals surface area contributed by atoms with Gasteiger partial charge < -0.3 is 5.32 Å². The number of nitrogens with zero attached hydrogens (tertiary/aromatic N) is 2. The highest BCUT2D eigenvalue weighted by atomic mass is 32.2. The molecule has 21 heavy (non-hydrogen) atoms. The van der Waals surface area contributed by atoms with E-state index in [-0.39, 0.29) is 6.04 Å². The number of thioether (sulfide) groups is 1. The van der Waals surface area contributed by atoms with Crippen LogP contribution in [-0.2, 0) is 6.18 Å². The Labute approximate surface area is 126 Å². The van der Waals surface area contributed by atoms with Crippen LogP contribution in [-0.4, -0.2) is 42.9 Å². The van der Waals surface area contributed by atoms with Crippen LogP contribution < -0.4 is 5.32 Å². The van der Waals surface area contributed by atoms with Gasteiger partial charge in [-0.25, -0.2) is 0 Å². The summed E-state index contributed by atoms with van der Waals surface area (Å²) in [6.07, 6.45) is -4.30. The smallest absolute Gasteiger partial charge is 0.313 e. The van der Waals surface area contributed by atoms with Crippen LogP contribution in [0.5, 0.6) is 0 Å². The molecular formula is C14H16F3N3S. The zero-order valence-corrected chi connectivity index (χ0v) is 12.2. The highest BCUT2D eigenvalue weighted by Gasteiger charge is 2.30. The van der Waals surface area contributed by atoms with E-state index in [9.17, 15) is 13.2 Å². The van der Waals surface area contributed by atoms with Gasteiger partial charge in [0.05, 0.1) is 11.6 Å². The van der Waals surface area contributed by atoms with Gasteiger partial charge in [-0.1, -0.05) is 6.07 Å². The molecular weight excluding hydrogens is 299 g/mol. The van der Waals surface area contributed by atoms with Crippen LogP contribution in [0.15, 0.2) is 29.2 Å². The van der Waals surface area contributed by atoms with Gasteiger partial charge in [0, 0.05) is 36.8 Å². The molecule has 1 heterocycles. The minimum atomic E-state index is -4.30. The number of alkyl halides is 3. The summed E-state index contributed by atoms with van der Waals surface area (Å²) in [5.74, 6) is 0.666. The van der Waals surface area contributed by atoms with Crippen molar-refractivity contribution >= 4 is 11.8 Å². The molecule has 114 valence electrons. The number of benzene rings is 1. The molecule has 1 aliphatic heterocycles. The molecule has 0 radical (unpaired) electrons. The number of hydrogen-bond donors (Lipinski definition) is 1. The molecule has 1 N–H and O–H groups in total. The van der Waals surface area contributed by atoms with E-state index in [4.69, 9.17) is 5.26 Å². The summed E-state index contributed by atoms with van der Waals surface area (Å²) < 4.78 is 37.9. The maximum absolute atomic E-state index is 12.6. The van der Waals surface area contributed by atoms with Crippen molar-refractivity contribution in [3.8, 4) is 6.07 Å². The normalized spacial score (nSPS) is 20.2. The fourth-order valence-electron chi connectivity index (χ4n) is 2.18. The summed E-state index contributed by atoms with van der Waals surface area (Å²) in [7, 11) is 0. The summed E-state index contributed by atoms with van der Waals surface area (Å²) >= 11 is 1.39. The van der Waals surface area contributed by atoms with Gasteiger partial charge in [0.25, 0.3) is 0 Å². The van der Waals surface area contributed by atoms with E-state index in [1.54, 1.807) is 6.07 Å². The lowest BCUT2D eigenvalue weighted by atomic mass is 10.2. The Hall–Kier alpha value is -1.23. The maximum Gasteiger partial charge on any atom is 0.416 e. The molecule has 0 bridgehead atoms. The second kappa shape index (κ2) is 7.16. The standard InChI is InChI=1S/C14H16F3N3S/c15-14(16,17)11-2-1-3-13(8-11)21-7-6-20-5-4-19-10-12(20)9-18/h1-3,8,12,19H,4-7,10H2. The third-order valence-corrected chi connectivity index (χ3v) is 4.29. The Morgan fingerprint density at radius 1 is 1.43 bits per heavy atom.